The minimum Gasteiger partial charge on any atom is -0.478 e. The van der Waals surface area contributed by atoms with Gasteiger partial charge in [-0.2, -0.15) is 0 Å². The van der Waals surface area contributed by atoms with E-state index < -0.39 is 0 Å². The van der Waals surface area contributed by atoms with Crippen LogP contribution in [0.3, 0.4) is 0 Å². The maximum Gasteiger partial charge on any atom is 0.218 e. The van der Waals surface area contributed by atoms with Gasteiger partial charge in [-0.05, 0) is 31.6 Å². The van der Waals surface area contributed by atoms with E-state index in [0.29, 0.717) is 17.9 Å². The van der Waals surface area contributed by atoms with E-state index in [2.05, 4.69) is 28.7 Å². The molecule has 18 heavy (non-hydrogen) atoms. The van der Waals surface area contributed by atoms with Gasteiger partial charge in [0.2, 0.25) is 5.88 Å². The Morgan fingerprint density at radius 2 is 2.11 bits per heavy atom. The molecule has 1 aliphatic rings. The van der Waals surface area contributed by atoms with E-state index in [9.17, 15) is 0 Å². The summed E-state index contributed by atoms with van der Waals surface area (Å²) in [7, 11) is 0. The summed E-state index contributed by atoms with van der Waals surface area (Å²) in [6, 6.07) is 1.95. The molecule has 0 N–H and O–H groups in total. The van der Waals surface area contributed by atoms with Crippen LogP contribution in [0.4, 0.5) is 5.82 Å². The lowest BCUT2D eigenvalue weighted by molar-refractivity contribution is 0.324. The van der Waals surface area contributed by atoms with E-state index in [0.717, 1.165) is 18.9 Å². The highest BCUT2D eigenvalue weighted by molar-refractivity contribution is 5.40. The average Bonchev–Trinajstić information content (AvgIpc) is 2.51. The van der Waals surface area contributed by atoms with Gasteiger partial charge in [-0.1, -0.05) is 13.8 Å². The van der Waals surface area contributed by atoms with Crippen molar-refractivity contribution < 1.29 is 4.74 Å². The molecule has 0 spiro atoms. The smallest absolute Gasteiger partial charge is 0.218 e. The van der Waals surface area contributed by atoms with Gasteiger partial charge >= 0.3 is 0 Å². The highest BCUT2D eigenvalue weighted by Gasteiger charge is 2.23. The Hall–Kier alpha value is -1.32. The zero-order valence-corrected chi connectivity index (χ0v) is 11.6. The molecule has 1 fully saturated rings. The zero-order valence-electron chi connectivity index (χ0n) is 11.6. The number of aromatic nitrogens is 2. The molecule has 0 amide bonds. The lowest BCUT2D eigenvalue weighted by Crippen LogP contribution is -2.26. The Morgan fingerprint density at radius 3 is 2.89 bits per heavy atom. The first-order valence-electron chi connectivity index (χ1n) is 6.80. The summed E-state index contributed by atoms with van der Waals surface area (Å²) in [5, 5.41) is 0. The topological polar surface area (TPSA) is 38.2 Å². The highest BCUT2D eigenvalue weighted by Crippen LogP contribution is 2.31. The monoisotopic (exact) mass is 249 g/mol. The van der Waals surface area contributed by atoms with Crippen LogP contribution in [0.1, 0.15) is 40.0 Å². The fourth-order valence-corrected chi connectivity index (χ4v) is 2.38. The third-order valence-corrected chi connectivity index (χ3v) is 3.58. The minimum absolute atomic E-state index is 0.449. The minimum atomic E-state index is 0.449. The Bertz CT molecular complexity index is 392. The number of anilines is 1. The first kappa shape index (κ1) is 13.1. The molecule has 4 nitrogen and oxygen atoms in total. The third-order valence-electron chi connectivity index (χ3n) is 3.58. The van der Waals surface area contributed by atoms with Crippen LogP contribution in [0, 0.1) is 5.41 Å². The van der Waals surface area contributed by atoms with Crippen LogP contribution in [0.2, 0.25) is 0 Å². The van der Waals surface area contributed by atoms with E-state index in [1.807, 2.05) is 13.0 Å². The fraction of sp³-hybridized carbons (Fsp3) is 0.714. The molecule has 0 aromatic carbocycles. The van der Waals surface area contributed by atoms with Gasteiger partial charge in [0, 0.05) is 19.2 Å². The Labute approximate surface area is 109 Å². The maximum absolute atomic E-state index is 5.43. The SMILES string of the molecule is CCOc1cc(N2CCCC(C)(C)CC2)ncn1. The Morgan fingerprint density at radius 1 is 1.28 bits per heavy atom. The van der Waals surface area contributed by atoms with Crippen LogP contribution in [0.5, 0.6) is 5.88 Å². The molecule has 0 atom stereocenters. The van der Waals surface area contributed by atoms with E-state index in [1.54, 1.807) is 6.33 Å². The molecule has 1 aromatic heterocycles. The average molecular weight is 249 g/mol. The largest absolute Gasteiger partial charge is 0.478 e. The molecule has 4 heteroatoms. The molecule has 0 aliphatic carbocycles. The van der Waals surface area contributed by atoms with Gasteiger partial charge in [-0.3, -0.25) is 0 Å². The normalized spacial score (nSPS) is 19.4. The van der Waals surface area contributed by atoms with Crippen molar-refractivity contribution >= 4 is 5.82 Å². The van der Waals surface area contributed by atoms with E-state index in [1.165, 1.54) is 19.3 Å². The summed E-state index contributed by atoms with van der Waals surface area (Å²) in [6.07, 6.45) is 5.31. The Balaban J connectivity index is 2.08. The van der Waals surface area contributed by atoms with Crippen molar-refractivity contribution in [1.82, 2.24) is 9.97 Å². The Kier molecular flexibility index (Phi) is 4.04. The molecule has 100 valence electrons. The summed E-state index contributed by atoms with van der Waals surface area (Å²) in [6.45, 7) is 9.45. The van der Waals surface area contributed by atoms with Crippen molar-refractivity contribution in [2.24, 2.45) is 5.41 Å². The third kappa shape index (κ3) is 3.34. The van der Waals surface area contributed by atoms with E-state index >= 15 is 0 Å². The molecule has 0 saturated carbocycles. The number of nitrogens with zero attached hydrogens (tertiary/aromatic N) is 3. The van der Waals surface area contributed by atoms with Crippen LogP contribution in [0.15, 0.2) is 12.4 Å². The standard InChI is InChI=1S/C14H23N3O/c1-4-18-13-10-12(15-11-16-13)17-8-5-6-14(2,3)7-9-17/h10-11H,4-9H2,1-3H3. The number of hydrogen-bond donors (Lipinski definition) is 0. The molecular weight excluding hydrogens is 226 g/mol. The second kappa shape index (κ2) is 5.55. The van der Waals surface area contributed by atoms with Crippen molar-refractivity contribution in [2.75, 3.05) is 24.6 Å². The molecule has 1 aliphatic heterocycles. The van der Waals surface area contributed by atoms with E-state index in [4.69, 9.17) is 4.74 Å². The van der Waals surface area contributed by atoms with Crippen molar-refractivity contribution in [3.63, 3.8) is 0 Å². The van der Waals surface area contributed by atoms with Crippen LogP contribution < -0.4 is 9.64 Å². The summed E-state index contributed by atoms with van der Waals surface area (Å²) in [4.78, 5) is 10.8. The predicted molar refractivity (Wildman–Crippen MR) is 73.0 cm³/mol. The number of hydrogen-bond acceptors (Lipinski definition) is 4. The molecule has 0 unspecified atom stereocenters. The predicted octanol–water partition coefficient (Wildman–Crippen LogP) is 2.89. The van der Waals surface area contributed by atoms with Crippen LogP contribution >= 0.6 is 0 Å². The molecule has 0 radical (unpaired) electrons. The molecule has 2 rings (SSSR count). The van der Waals surface area contributed by atoms with Crippen molar-refractivity contribution in [3.8, 4) is 5.88 Å². The van der Waals surface area contributed by atoms with Crippen molar-refractivity contribution in [1.29, 1.82) is 0 Å². The molecule has 1 aromatic rings. The second-order valence-electron chi connectivity index (χ2n) is 5.65. The molecule has 2 heterocycles. The first-order chi connectivity index (χ1) is 8.61. The molecule has 1 saturated heterocycles. The van der Waals surface area contributed by atoms with Gasteiger partial charge in [0.05, 0.1) is 6.61 Å². The first-order valence-corrected chi connectivity index (χ1v) is 6.80. The van der Waals surface area contributed by atoms with Crippen molar-refractivity contribution in [3.05, 3.63) is 12.4 Å². The maximum atomic E-state index is 5.43. The van der Waals surface area contributed by atoms with Crippen LogP contribution in [-0.4, -0.2) is 29.7 Å². The number of ether oxygens (including phenoxy) is 1. The molecule has 0 bridgehead atoms. The van der Waals surface area contributed by atoms with Gasteiger partial charge in [0.1, 0.15) is 12.1 Å². The van der Waals surface area contributed by atoms with Crippen molar-refractivity contribution in [2.45, 2.75) is 40.0 Å². The summed E-state index contributed by atoms with van der Waals surface area (Å²) in [5.41, 5.74) is 0.449. The second-order valence-corrected chi connectivity index (χ2v) is 5.65. The molecular formula is C14H23N3O. The summed E-state index contributed by atoms with van der Waals surface area (Å²) < 4.78 is 5.43. The summed E-state index contributed by atoms with van der Waals surface area (Å²) >= 11 is 0. The highest BCUT2D eigenvalue weighted by atomic mass is 16.5. The zero-order chi connectivity index (χ0) is 13.0. The van der Waals surface area contributed by atoms with E-state index in [-0.39, 0.29) is 0 Å². The van der Waals surface area contributed by atoms with Gasteiger partial charge in [0.15, 0.2) is 0 Å². The fourth-order valence-electron chi connectivity index (χ4n) is 2.38. The van der Waals surface area contributed by atoms with Gasteiger partial charge in [0.25, 0.3) is 0 Å². The van der Waals surface area contributed by atoms with Crippen LogP contribution in [-0.2, 0) is 0 Å². The van der Waals surface area contributed by atoms with Crippen LogP contribution in [0.25, 0.3) is 0 Å². The van der Waals surface area contributed by atoms with Gasteiger partial charge < -0.3 is 9.64 Å². The van der Waals surface area contributed by atoms with Gasteiger partial charge in [-0.15, -0.1) is 0 Å². The number of rotatable bonds is 3. The lowest BCUT2D eigenvalue weighted by atomic mass is 9.85. The quantitative estimate of drug-likeness (QED) is 0.825. The lowest BCUT2D eigenvalue weighted by Gasteiger charge is -2.24. The van der Waals surface area contributed by atoms with Gasteiger partial charge in [-0.25, -0.2) is 9.97 Å². The summed E-state index contributed by atoms with van der Waals surface area (Å²) in [5.74, 6) is 1.66.